The molecule has 1 heterocycles. The Morgan fingerprint density at radius 3 is 2.38 bits per heavy atom. The Morgan fingerprint density at radius 1 is 1.03 bits per heavy atom. The van der Waals surface area contributed by atoms with Crippen molar-refractivity contribution >= 4 is 24.6 Å². The zero-order chi connectivity index (χ0) is 24.6. The van der Waals surface area contributed by atoms with Crippen LogP contribution in [-0.4, -0.2) is 56.3 Å². The minimum absolute atomic E-state index is 0.0221. The summed E-state index contributed by atoms with van der Waals surface area (Å²) in [6.45, 7) is 3.68. The molecule has 0 bridgehead atoms. The summed E-state index contributed by atoms with van der Waals surface area (Å²) in [4.78, 5) is 1.92. The van der Waals surface area contributed by atoms with E-state index in [9.17, 15) is 8.63 Å². The van der Waals surface area contributed by atoms with E-state index in [0.717, 1.165) is 35.5 Å². The van der Waals surface area contributed by atoms with Crippen LogP contribution < -0.4 is 4.90 Å². The molecule has 5 nitrogen and oxygen atoms in total. The molecular formula is C26H31BF2N2O3. The SMILES string of the molecule is CCC[N+](C)=C1C=CC(=CC=C2C=C(/C=C/c3ccc(N(C)CCO)cc3)O[B-](F)(F)O2)C=C1. The molecule has 1 N–H and O–H groups in total. The van der Waals surface area contributed by atoms with Crippen LogP contribution in [0.25, 0.3) is 6.08 Å². The molecule has 0 aromatic heterocycles. The van der Waals surface area contributed by atoms with Crippen LogP contribution in [0.15, 0.2) is 90.0 Å². The van der Waals surface area contributed by atoms with E-state index in [1.165, 1.54) is 18.2 Å². The molecule has 1 aliphatic carbocycles. The Labute approximate surface area is 200 Å². The third-order valence-electron chi connectivity index (χ3n) is 5.37. The molecule has 1 aliphatic heterocycles. The molecule has 2 aliphatic rings. The second-order valence-corrected chi connectivity index (χ2v) is 8.14. The van der Waals surface area contributed by atoms with Gasteiger partial charge in [-0.1, -0.05) is 31.2 Å². The normalized spacial score (nSPS) is 18.1. The van der Waals surface area contributed by atoms with Crippen molar-refractivity contribution in [3.05, 3.63) is 95.5 Å². The molecule has 1 aromatic carbocycles. The predicted molar refractivity (Wildman–Crippen MR) is 135 cm³/mol. The van der Waals surface area contributed by atoms with Crippen LogP contribution in [0.4, 0.5) is 14.3 Å². The van der Waals surface area contributed by atoms with Crippen molar-refractivity contribution in [2.75, 3.05) is 38.7 Å². The van der Waals surface area contributed by atoms with Crippen molar-refractivity contribution in [1.82, 2.24) is 0 Å². The van der Waals surface area contributed by atoms with Gasteiger partial charge in [-0.2, -0.15) is 0 Å². The third-order valence-corrected chi connectivity index (χ3v) is 5.37. The van der Waals surface area contributed by atoms with E-state index in [-0.39, 0.29) is 18.1 Å². The summed E-state index contributed by atoms with van der Waals surface area (Å²) in [5.41, 5.74) is 3.76. The van der Waals surface area contributed by atoms with Gasteiger partial charge in [0.05, 0.1) is 18.1 Å². The minimum atomic E-state index is -4.45. The van der Waals surface area contributed by atoms with E-state index >= 15 is 0 Å². The molecule has 34 heavy (non-hydrogen) atoms. The summed E-state index contributed by atoms with van der Waals surface area (Å²) in [7, 11) is -0.530. The number of nitrogens with zero attached hydrogens (tertiary/aromatic N) is 2. The van der Waals surface area contributed by atoms with Gasteiger partial charge in [0.15, 0.2) is 5.71 Å². The monoisotopic (exact) mass is 468 g/mol. The first kappa shape index (κ1) is 25.2. The maximum atomic E-state index is 14.0. The number of benzene rings is 1. The summed E-state index contributed by atoms with van der Waals surface area (Å²) in [6.07, 6.45) is 16.8. The number of rotatable bonds is 8. The summed E-state index contributed by atoms with van der Waals surface area (Å²) in [6, 6.07) is 7.54. The average molecular weight is 468 g/mol. The molecule has 0 unspecified atom stereocenters. The maximum absolute atomic E-state index is 14.0. The van der Waals surface area contributed by atoms with Crippen molar-refractivity contribution in [1.29, 1.82) is 0 Å². The molecule has 0 saturated heterocycles. The first-order valence-corrected chi connectivity index (χ1v) is 11.4. The molecule has 0 radical (unpaired) electrons. The lowest BCUT2D eigenvalue weighted by Crippen LogP contribution is -2.33. The number of aliphatic hydroxyl groups is 1. The fourth-order valence-electron chi connectivity index (χ4n) is 3.50. The Morgan fingerprint density at radius 2 is 1.74 bits per heavy atom. The van der Waals surface area contributed by atoms with Crippen molar-refractivity contribution in [3.63, 3.8) is 0 Å². The summed E-state index contributed by atoms with van der Waals surface area (Å²) in [5.74, 6) is 0.0537. The molecule has 3 rings (SSSR count). The molecule has 0 amide bonds. The minimum Gasteiger partial charge on any atom is -0.627 e. The smallest absolute Gasteiger partial charge is 0.627 e. The van der Waals surface area contributed by atoms with E-state index in [0.29, 0.717) is 6.54 Å². The van der Waals surface area contributed by atoms with Gasteiger partial charge >= 0.3 is 7.11 Å². The molecule has 1 aromatic rings. The molecule has 0 atom stereocenters. The molecular weight excluding hydrogens is 437 g/mol. The Balaban J connectivity index is 1.73. The summed E-state index contributed by atoms with van der Waals surface area (Å²) >= 11 is 0. The molecule has 0 spiro atoms. The highest BCUT2D eigenvalue weighted by atomic mass is 19.3. The van der Waals surface area contributed by atoms with Crippen molar-refractivity contribution < 1.29 is 27.6 Å². The average Bonchev–Trinajstić information content (AvgIpc) is 2.81. The largest absolute Gasteiger partial charge is 0.725 e. The van der Waals surface area contributed by atoms with Crippen molar-refractivity contribution in [2.24, 2.45) is 0 Å². The van der Waals surface area contributed by atoms with Gasteiger partial charge in [0.25, 0.3) is 0 Å². The lowest BCUT2D eigenvalue weighted by molar-refractivity contribution is -0.495. The lowest BCUT2D eigenvalue weighted by atomic mass is 10.1. The van der Waals surface area contributed by atoms with Crippen molar-refractivity contribution in [2.45, 2.75) is 13.3 Å². The third kappa shape index (κ3) is 7.32. The number of aliphatic hydroxyl groups excluding tert-OH is 1. The van der Waals surface area contributed by atoms with E-state index in [1.807, 2.05) is 67.6 Å². The van der Waals surface area contributed by atoms with Gasteiger partial charge in [0.1, 0.15) is 13.6 Å². The van der Waals surface area contributed by atoms with Gasteiger partial charge in [-0.3, -0.25) is 0 Å². The second-order valence-electron chi connectivity index (χ2n) is 8.14. The van der Waals surface area contributed by atoms with Crippen LogP contribution in [0.2, 0.25) is 0 Å². The van der Waals surface area contributed by atoms with E-state index in [4.69, 9.17) is 14.4 Å². The number of allylic oxidation sites excluding steroid dienone is 9. The number of anilines is 1. The number of likely N-dealkylation sites (N-methyl/N-ethyl adjacent to an activating group) is 1. The quantitative estimate of drug-likeness (QED) is 0.437. The zero-order valence-corrected chi connectivity index (χ0v) is 19.8. The highest BCUT2D eigenvalue weighted by Crippen LogP contribution is 2.28. The van der Waals surface area contributed by atoms with Crippen LogP contribution in [0.1, 0.15) is 18.9 Å². The Kier molecular flexibility index (Phi) is 8.65. The van der Waals surface area contributed by atoms with E-state index in [2.05, 4.69) is 11.5 Å². The summed E-state index contributed by atoms with van der Waals surface area (Å²) < 4.78 is 39.7. The highest BCUT2D eigenvalue weighted by Gasteiger charge is 2.36. The van der Waals surface area contributed by atoms with Crippen LogP contribution in [0.5, 0.6) is 0 Å². The topological polar surface area (TPSA) is 44.9 Å². The zero-order valence-electron chi connectivity index (χ0n) is 19.8. The first-order chi connectivity index (χ1) is 16.3. The van der Waals surface area contributed by atoms with Crippen LogP contribution >= 0.6 is 0 Å². The fourth-order valence-corrected chi connectivity index (χ4v) is 3.50. The van der Waals surface area contributed by atoms with Gasteiger partial charge in [0, 0.05) is 43.9 Å². The van der Waals surface area contributed by atoms with Gasteiger partial charge in [-0.15, -0.1) is 0 Å². The lowest BCUT2D eigenvalue weighted by Gasteiger charge is -2.33. The second kappa shape index (κ2) is 11.7. The first-order valence-electron chi connectivity index (χ1n) is 11.4. The summed E-state index contributed by atoms with van der Waals surface area (Å²) in [5, 5.41) is 9.05. The molecule has 0 fully saturated rings. The van der Waals surface area contributed by atoms with Crippen LogP contribution in [-0.2, 0) is 9.31 Å². The number of halogens is 2. The standard InChI is InChI=1S/C26H31BF2N2O3/c1-4-17-30(2)23-11-5-21(6-12-23)9-15-25-20-26(34-27(28,29)33-25)16-10-22-7-13-24(14-8-22)31(3)18-19-32/h5-16,20,32H,4,17-19H2,1-3H3. The van der Waals surface area contributed by atoms with E-state index in [1.54, 1.807) is 12.2 Å². The van der Waals surface area contributed by atoms with Crippen molar-refractivity contribution in [3.8, 4) is 0 Å². The predicted octanol–water partition coefficient (Wildman–Crippen LogP) is 4.86. The number of hydrogen-bond acceptors (Lipinski definition) is 4. The molecule has 0 saturated carbocycles. The molecule has 8 heteroatoms. The van der Waals surface area contributed by atoms with Crippen LogP contribution in [0.3, 0.4) is 0 Å². The van der Waals surface area contributed by atoms with E-state index < -0.39 is 7.11 Å². The highest BCUT2D eigenvalue weighted by molar-refractivity contribution is 6.53. The maximum Gasteiger partial charge on any atom is 0.725 e. The van der Waals surface area contributed by atoms with Gasteiger partial charge in [-0.25, -0.2) is 4.58 Å². The van der Waals surface area contributed by atoms with Crippen LogP contribution in [0, 0.1) is 0 Å². The fraction of sp³-hybridized carbons (Fsp3) is 0.269. The Bertz CT molecular complexity index is 1070. The van der Waals surface area contributed by atoms with Gasteiger partial charge in [-0.05, 0) is 47.6 Å². The number of hydrogen-bond donors (Lipinski definition) is 1. The van der Waals surface area contributed by atoms with Gasteiger partial charge < -0.3 is 27.9 Å². The van der Waals surface area contributed by atoms with Gasteiger partial charge in [0.2, 0.25) is 0 Å². The Hall–Kier alpha value is -3.39. The molecule has 180 valence electrons.